The Bertz CT molecular complexity index is 1270. The number of nitrogens with two attached hydrogens (primary N) is 1. The second kappa shape index (κ2) is 9.97. The van der Waals surface area contributed by atoms with Crippen LogP contribution < -0.4 is 20.7 Å². The molecule has 2 aliphatic rings. The highest BCUT2D eigenvalue weighted by molar-refractivity contribution is 5.97. The molecule has 1 fully saturated rings. The number of benzene rings is 1. The van der Waals surface area contributed by atoms with Gasteiger partial charge in [-0.3, -0.25) is 4.79 Å². The lowest BCUT2D eigenvalue weighted by molar-refractivity contribution is 0.0718. The van der Waals surface area contributed by atoms with Gasteiger partial charge in [0.15, 0.2) is 5.65 Å². The van der Waals surface area contributed by atoms with Crippen LogP contribution in [0.5, 0.6) is 5.75 Å². The number of aromatic nitrogens is 3. The molecule has 9 nitrogen and oxygen atoms in total. The summed E-state index contributed by atoms with van der Waals surface area (Å²) >= 11 is 0. The molecule has 3 N–H and O–H groups in total. The van der Waals surface area contributed by atoms with Crippen molar-refractivity contribution >= 4 is 23.2 Å². The Kier molecular flexibility index (Phi) is 6.75. The van der Waals surface area contributed by atoms with E-state index >= 15 is 0 Å². The van der Waals surface area contributed by atoms with E-state index in [0.29, 0.717) is 17.9 Å². The fraction of sp³-hybridized carbons (Fsp3) is 0.519. The van der Waals surface area contributed by atoms with E-state index in [4.69, 9.17) is 20.6 Å². The van der Waals surface area contributed by atoms with Gasteiger partial charge in [0.05, 0.1) is 23.9 Å². The Morgan fingerprint density at radius 2 is 2.06 bits per heavy atom. The first-order valence-corrected chi connectivity index (χ1v) is 13.0. The van der Waals surface area contributed by atoms with Gasteiger partial charge in [-0.1, -0.05) is 18.6 Å². The lowest BCUT2D eigenvalue weighted by Gasteiger charge is -2.27. The third kappa shape index (κ3) is 4.48. The highest BCUT2D eigenvalue weighted by Gasteiger charge is 2.29. The molecule has 1 saturated heterocycles. The number of ether oxygens (including phenoxy) is 1. The SMILES string of the molecule is CCC1c2cc3nc(N4CCC(N)C4)c(C)c(n3n2)NCCCCOc2ccc(C)cc2C(=O)N1C. The molecule has 2 unspecified atom stereocenters. The Labute approximate surface area is 212 Å². The standard InChI is InChI=1S/C27H37N7O2/c1-5-22-21-15-24-30-26(33-12-10-19(28)16-33)18(3)25(34(24)31-21)29-11-6-7-13-36-23-9-8-17(2)14-20(23)27(35)32(22)4/h8-9,14-15,19,22,29H,5-7,10-13,16,28H2,1-4H3. The van der Waals surface area contributed by atoms with E-state index < -0.39 is 0 Å². The summed E-state index contributed by atoms with van der Waals surface area (Å²) in [6.45, 7) is 9.21. The van der Waals surface area contributed by atoms with E-state index in [0.717, 1.165) is 79.4 Å². The number of nitrogens with one attached hydrogen (secondary N) is 1. The third-order valence-corrected chi connectivity index (χ3v) is 7.36. The topological polar surface area (TPSA) is 101 Å². The maximum Gasteiger partial charge on any atom is 0.257 e. The number of amides is 1. The van der Waals surface area contributed by atoms with Crippen LogP contribution >= 0.6 is 0 Å². The molecule has 0 spiro atoms. The zero-order valence-corrected chi connectivity index (χ0v) is 21.8. The van der Waals surface area contributed by atoms with Crippen molar-refractivity contribution < 1.29 is 9.53 Å². The lowest BCUT2D eigenvalue weighted by atomic mass is 10.1. The van der Waals surface area contributed by atoms with E-state index in [1.807, 2.05) is 42.8 Å². The first-order valence-electron chi connectivity index (χ1n) is 13.0. The van der Waals surface area contributed by atoms with Crippen LogP contribution in [0.4, 0.5) is 11.6 Å². The van der Waals surface area contributed by atoms with Crippen LogP contribution in [0.15, 0.2) is 24.3 Å². The molecule has 1 amide bonds. The zero-order chi connectivity index (χ0) is 25.4. The molecule has 2 aromatic heterocycles. The number of rotatable bonds is 2. The molecule has 9 heteroatoms. The normalized spacial score (nSPS) is 21.2. The van der Waals surface area contributed by atoms with Gasteiger partial charge in [0.2, 0.25) is 0 Å². The van der Waals surface area contributed by atoms with Crippen LogP contribution in [-0.2, 0) is 0 Å². The van der Waals surface area contributed by atoms with E-state index in [9.17, 15) is 4.79 Å². The monoisotopic (exact) mass is 491 g/mol. The van der Waals surface area contributed by atoms with Gasteiger partial charge in [-0.25, -0.2) is 4.98 Å². The van der Waals surface area contributed by atoms with Crippen molar-refractivity contribution in [2.24, 2.45) is 5.73 Å². The summed E-state index contributed by atoms with van der Waals surface area (Å²) in [5.41, 5.74) is 10.5. The van der Waals surface area contributed by atoms with Crippen molar-refractivity contribution in [2.45, 2.75) is 58.5 Å². The first-order chi connectivity index (χ1) is 17.4. The van der Waals surface area contributed by atoms with Gasteiger partial charge in [-0.05, 0) is 51.7 Å². The van der Waals surface area contributed by atoms with E-state index in [1.165, 1.54) is 0 Å². The van der Waals surface area contributed by atoms with Crippen molar-refractivity contribution in [1.29, 1.82) is 0 Å². The zero-order valence-electron chi connectivity index (χ0n) is 21.8. The molecule has 5 rings (SSSR count). The predicted octanol–water partition coefficient (Wildman–Crippen LogP) is 3.69. The maximum absolute atomic E-state index is 13.7. The van der Waals surface area contributed by atoms with Gasteiger partial charge in [-0.2, -0.15) is 9.61 Å². The molecule has 2 atom stereocenters. The summed E-state index contributed by atoms with van der Waals surface area (Å²) in [6, 6.07) is 7.79. The highest BCUT2D eigenvalue weighted by atomic mass is 16.5. The largest absolute Gasteiger partial charge is 0.493 e. The minimum Gasteiger partial charge on any atom is -0.493 e. The van der Waals surface area contributed by atoms with Crippen molar-refractivity contribution in [3.05, 3.63) is 46.6 Å². The number of hydrogen-bond acceptors (Lipinski definition) is 7. The van der Waals surface area contributed by atoms with Crippen LogP contribution in [0, 0.1) is 13.8 Å². The van der Waals surface area contributed by atoms with E-state index in [2.05, 4.69) is 24.1 Å². The summed E-state index contributed by atoms with van der Waals surface area (Å²) in [5.74, 6) is 2.47. The van der Waals surface area contributed by atoms with Gasteiger partial charge < -0.3 is 25.6 Å². The minimum atomic E-state index is -0.200. The second-order valence-corrected chi connectivity index (χ2v) is 10.1. The number of nitrogens with zero attached hydrogens (tertiary/aromatic N) is 5. The average molecular weight is 492 g/mol. The molecule has 0 radical (unpaired) electrons. The van der Waals surface area contributed by atoms with Crippen molar-refractivity contribution in [1.82, 2.24) is 19.5 Å². The number of carbonyl (C=O) groups excluding carboxylic acids is 1. The fourth-order valence-electron chi connectivity index (χ4n) is 5.31. The molecule has 0 aliphatic carbocycles. The van der Waals surface area contributed by atoms with Gasteiger partial charge >= 0.3 is 0 Å². The predicted molar refractivity (Wildman–Crippen MR) is 142 cm³/mol. The van der Waals surface area contributed by atoms with E-state index in [-0.39, 0.29) is 18.0 Å². The smallest absolute Gasteiger partial charge is 0.257 e. The number of hydrogen-bond donors (Lipinski definition) is 2. The second-order valence-electron chi connectivity index (χ2n) is 10.1. The van der Waals surface area contributed by atoms with Crippen LogP contribution in [0.3, 0.4) is 0 Å². The summed E-state index contributed by atoms with van der Waals surface area (Å²) in [5, 5.41) is 8.61. The van der Waals surface area contributed by atoms with Crippen molar-refractivity contribution in [2.75, 3.05) is 43.5 Å². The van der Waals surface area contributed by atoms with Crippen LogP contribution in [-0.4, -0.2) is 64.7 Å². The number of aryl methyl sites for hydroxylation is 1. The van der Waals surface area contributed by atoms with Crippen LogP contribution in [0.2, 0.25) is 0 Å². The number of fused-ring (bicyclic) bond motifs is 2. The highest BCUT2D eigenvalue weighted by Crippen LogP contribution is 2.32. The molecular weight excluding hydrogens is 454 g/mol. The van der Waals surface area contributed by atoms with E-state index in [1.54, 1.807) is 4.90 Å². The Balaban J connectivity index is 1.61. The molecule has 0 saturated carbocycles. The average Bonchev–Trinajstić information content (AvgIpc) is 3.48. The Morgan fingerprint density at radius 3 is 2.81 bits per heavy atom. The molecule has 1 aromatic carbocycles. The summed E-state index contributed by atoms with van der Waals surface area (Å²) in [7, 11) is 1.85. The lowest BCUT2D eigenvalue weighted by Crippen LogP contribution is -2.31. The van der Waals surface area contributed by atoms with Crippen molar-refractivity contribution in [3.8, 4) is 5.75 Å². The number of carbonyl (C=O) groups is 1. The summed E-state index contributed by atoms with van der Waals surface area (Å²) < 4.78 is 7.99. The maximum atomic E-state index is 13.7. The molecule has 2 bridgehead atoms. The molecule has 4 heterocycles. The quantitative estimate of drug-likeness (QED) is 0.564. The Hall–Kier alpha value is -3.33. The molecule has 3 aromatic rings. The molecule has 2 aliphatic heterocycles. The molecule has 36 heavy (non-hydrogen) atoms. The fourth-order valence-corrected chi connectivity index (χ4v) is 5.31. The van der Waals surface area contributed by atoms with Gasteiger partial charge in [-0.15, -0.1) is 0 Å². The molecule has 192 valence electrons. The van der Waals surface area contributed by atoms with Crippen LogP contribution in [0.25, 0.3) is 5.65 Å². The van der Waals surface area contributed by atoms with Gasteiger partial charge in [0.1, 0.15) is 17.4 Å². The Morgan fingerprint density at radius 1 is 1.22 bits per heavy atom. The third-order valence-electron chi connectivity index (χ3n) is 7.36. The van der Waals surface area contributed by atoms with Gasteiger partial charge in [0, 0.05) is 44.4 Å². The first kappa shape index (κ1) is 24.4. The minimum absolute atomic E-state index is 0.0679. The van der Waals surface area contributed by atoms with Gasteiger partial charge in [0.25, 0.3) is 5.91 Å². The summed E-state index contributed by atoms with van der Waals surface area (Å²) in [6.07, 6.45) is 3.48. The molecular formula is C27H37N7O2. The summed E-state index contributed by atoms with van der Waals surface area (Å²) in [4.78, 5) is 22.8. The number of anilines is 2. The van der Waals surface area contributed by atoms with Crippen molar-refractivity contribution in [3.63, 3.8) is 0 Å². The van der Waals surface area contributed by atoms with Crippen LogP contribution in [0.1, 0.15) is 65.8 Å².